The van der Waals surface area contributed by atoms with Gasteiger partial charge in [-0.3, -0.25) is 9.69 Å². The van der Waals surface area contributed by atoms with Crippen LogP contribution in [0.15, 0.2) is 42.7 Å². The lowest BCUT2D eigenvalue weighted by Gasteiger charge is -2.16. The molecule has 0 spiro atoms. The number of pyridine rings is 1. The first-order valence-corrected chi connectivity index (χ1v) is 9.57. The van der Waals surface area contributed by atoms with Gasteiger partial charge in [0, 0.05) is 5.56 Å². The first-order valence-electron chi connectivity index (χ1n) is 9.57. The average molecular weight is 393 g/mol. The molecule has 3 heterocycles. The number of benzene rings is 1. The van der Waals surface area contributed by atoms with Crippen molar-refractivity contribution in [2.24, 2.45) is 0 Å². The smallest absolute Gasteiger partial charge is 0.260 e. The van der Waals surface area contributed by atoms with Crippen molar-refractivity contribution in [3.8, 4) is 17.3 Å². The number of aliphatic hydroxyl groups is 1. The zero-order valence-electron chi connectivity index (χ0n) is 16.6. The standard InChI is InChI=1S/C21H23N5O3/c1-13(2)29-16-8-7-15-10-25(21(28)17(15)9-16)19-6-4-5-18(23-19)20-24-22-12-26(20)14(3)11-27/h4-9,12-14,27H,10-11H2,1-3H3/t14-/m1/s1. The third-order valence-corrected chi connectivity index (χ3v) is 4.81. The van der Waals surface area contributed by atoms with Gasteiger partial charge in [0.25, 0.3) is 5.91 Å². The molecule has 0 aliphatic carbocycles. The van der Waals surface area contributed by atoms with Gasteiger partial charge in [0.15, 0.2) is 5.82 Å². The number of nitrogens with zero attached hydrogens (tertiary/aromatic N) is 5. The molecule has 0 saturated heterocycles. The molecule has 4 rings (SSSR count). The third kappa shape index (κ3) is 3.58. The van der Waals surface area contributed by atoms with E-state index in [9.17, 15) is 9.90 Å². The second kappa shape index (κ2) is 7.63. The molecule has 1 aliphatic rings. The molecule has 3 aromatic rings. The summed E-state index contributed by atoms with van der Waals surface area (Å²) in [5.74, 6) is 1.66. The van der Waals surface area contributed by atoms with Crippen molar-refractivity contribution in [3.63, 3.8) is 0 Å². The first kappa shape index (κ1) is 19.1. The number of ether oxygens (including phenoxy) is 1. The second-order valence-corrected chi connectivity index (χ2v) is 7.35. The summed E-state index contributed by atoms with van der Waals surface area (Å²) in [5.41, 5.74) is 2.16. The minimum Gasteiger partial charge on any atom is -0.491 e. The fourth-order valence-electron chi connectivity index (χ4n) is 3.35. The Morgan fingerprint density at radius 1 is 1.21 bits per heavy atom. The lowest BCUT2D eigenvalue weighted by atomic mass is 10.1. The molecule has 2 aromatic heterocycles. The molecule has 0 radical (unpaired) electrons. The molecular weight excluding hydrogens is 370 g/mol. The summed E-state index contributed by atoms with van der Waals surface area (Å²) in [6, 6.07) is 10.9. The molecule has 0 saturated carbocycles. The summed E-state index contributed by atoms with van der Waals surface area (Å²) in [5, 5.41) is 17.5. The molecule has 150 valence electrons. The maximum Gasteiger partial charge on any atom is 0.260 e. The fraction of sp³-hybridized carbons (Fsp3) is 0.333. The quantitative estimate of drug-likeness (QED) is 0.692. The summed E-state index contributed by atoms with van der Waals surface area (Å²) in [6.45, 7) is 6.19. The monoisotopic (exact) mass is 393 g/mol. The van der Waals surface area contributed by atoms with Crippen LogP contribution in [0.3, 0.4) is 0 Å². The highest BCUT2D eigenvalue weighted by Gasteiger charge is 2.30. The van der Waals surface area contributed by atoms with Crippen LogP contribution >= 0.6 is 0 Å². The van der Waals surface area contributed by atoms with Crippen LogP contribution in [-0.2, 0) is 6.54 Å². The van der Waals surface area contributed by atoms with E-state index < -0.39 is 0 Å². The number of carbonyl (C=O) groups excluding carboxylic acids is 1. The van der Waals surface area contributed by atoms with Gasteiger partial charge < -0.3 is 14.4 Å². The van der Waals surface area contributed by atoms with E-state index in [2.05, 4.69) is 15.2 Å². The predicted molar refractivity (Wildman–Crippen MR) is 108 cm³/mol. The van der Waals surface area contributed by atoms with Gasteiger partial charge in [-0.1, -0.05) is 12.1 Å². The van der Waals surface area contributed by atoms with Gasteiger partial charge in [-0.05, 0) is 50.6 Å². The lowest BCUT2D eigenvalue weighted by molar-refractivity contribution is 0.0995. The maximum absolute atomic E-state index is 13.0. The number of hydrogen-bond acceptors (Lipinski definition) is 6. The number of amides is 1. The van der Waals surface area contributed by atoms with Crippen LogP contribution in [0.1, 0.15) is 42.7 Å². The Morgan fingerprint density at radius 3 is 2.79 bits per heavy atom. The van der Waals surface area contributed by atoms with Crippen molar-refractivity contribution in [3.05, 3.63) is 53.9 Å². The van der Waals surface area contributed by atoms with Crippen LogP contribution in [0.25, 0.3) is 11.5 Å². The zero-order valence-corrected chi connectivity index (χ0v) is 16.6. The Labute approximate surface area is 168 Å². The first-order chi connectivity index (χ1) is 14.0. The van der Waals surface area contributed by atoms with Crippen molar-refractivity contribution in [1.29, 1.82) is 0 Å². The topological polar surface area (TPSA) is 93.4 Å². The van der Waals surface area contributed by atoms with Crippen LogP contribution < -0.4 is 9.64 Å². The molecule has 1 aliphatic heterocycles. The van der Waals surface area contributed by atoms with E-state index >= 15 is 0 Å². The second-order valence-electron chi connectivity index (χ2n) is 7.35. The molecule has 0 fully saturated rings. The number of fused-ring (bicyclic) bond motifs is 1. The summed E-state index contributed by atoms with van der Waals surface area (Å²) in [7, 11) is 0. The summed E-state index contributed by atoms with van der Waals surface area (Å²) in [4.78, 5) is 19.3. The van der Waals surface area contributed by atoms with Crippen LogP contribution in [0.4, 0.5) is 5.82 Å². The molecule has 8 heteroatoms. The molecule has 1 amide bonds. The number of aromatic nitrogens is 4. The Balaban J connectivity index is 1.64. The molecule has 0 unspecified atom stereocenters. The van der Waals surface area contributed by atoms with Crippen molar-refractivity contribution in [1.82, 2.24) is 19.7 Å². The normalized spacial score (nSPS) is 14.4. The molecule has 8 nitrogen and oxygen atoms in total. The highest BCUT2D eigenvalue weighted by Crippen LogP contribution is 2.31. The van der Waals surface area contributed by atoms with Gasteiger partial charge in [0.05, 0.1) is 25.3 Å². The minimum atomic E-state index is -0.178. The van der Waals surface area contributed by atoms with E-state index in [1.807, 2.05) is 45.0 Å². The SMILES string of the molecule is CC(C)Oc1ccc2c(c1)C(=O)N(c1cccc(-c3nncn3[C@H](C)CO)n1)C2. The highest BCUT2D eigenvalue weighted by molar-refractivity contribution is 6.09. The number of anilines is 1. The molecule has 1 aromatic carbocycles. The maximum atomic E-state index is 13.0. The van der Waals surface area contributed by atoms with E-state index in [0.717, 1.165) is 5.56 Å². The third-order valence-electron chi connectivity index (χ3n) is 4.81. The Bertz CT molecular complexity index is 1050. The Kier molecular flexibility index (Phi) is 5.02. The Morgan fingerprint density at radius 2 is 2.03 bits per heavy atom. The van der Waals surface area contributed by atoms with Crippen LogP contribution in [0, 0.1) is 0 Å². The molecule has 1 atom stereocenters. The van der Waals surface area contributed by atoms with Gasteiger partial charge in [0.2, 0.25) is 0 Å². The number of hydrogen-bond donors (Lipinski definition) is 1. The van der Waals surface area contributed by atoms with E-state index in [4.69, 9.17) is 4.74 Å². The summed E-state index contributed by atoms with van der Waals surface area (Å²) < 4.78 is 7.48. The average Bonchev–Trinajstić information content (AvgIpc) is 3.32. The molecule has 0 bridgehead atoms. The highest BCUT2D eigenvalue weighted by atomic mass is 16.5. The van der Waals surface area contributed by atoms with E-state index in [0.29, 0.717) is 35.2 Å². The number of rotatable bonds is 6. The summed E-state index contributed by atoms with van der Waals surface area (Å²) in [6.07, 6.45) is 1.61. The molecule has 29 heavy (non-hydrogen) atoms. The number of carbonyl (C=O) groups is 1. The van der Waals surface area contributed by atoms with E-state index in [1.54, 1.807) is 27.9 Å². The largest absolute Gasteiger partial charge is 0.491 e. The number of aliphatic hydroxyl groups excluding tert-OH is 1. The lowest BCUT2D eigenvalue weighted by Crippen LogP contribution is -2.24. The summed E-state index contributed by atoms with van der Waals surface area (Å²) >= 11 is 0. The van der Waals surface area contributed by atoms with Crippen molar-refractivity contribution >= 4 is 11.7 Å². The van der Waals surface area contributed by atoms with E-state index in [1.165, 1.54) is 0 Å². The fourth-order valence-corrected chi connectivity index (χ4v) is 3.35. The minimum absolute atomic E-state index is 0.0363. The van der Waals surface area contributed by atoms with Crippen LogP contribution in [-0.4, -0.2) is 43.5 Å². The zero-order chi connectivity index (χ0) is 20.5. The van der Waals surface area contributed by atoms with Crippen molar-refractivity contribution in [2.75, 3.05) is 11.5 Å². The van der Waals surface area contributed by atoms with Gasteiger partial charge in [-0.2, -0.15) is 0 Å². The van der Waals surface area contributed by atoms with Crippen molar-refractivity contribution < 1.29 is 14.6 Å². The van der Waals surface area contributed by atoms with Crippen molar-refractivity contribution in [2.45, 2.75) is 39.5 Å². The van der Waals surface area contributed by atoms with Crippen LogP contribution in [0.5, 0.6) is 5.75 Å². The molecular formula is C21H23N5O3. The van der Waals surface area contributed by atoms with E-state index in [-0.39, 0.29) is 24.7 Å². The van der Waals surface area contributed by atoms with Gasteiger partial charge in [0.1, 0.15) is 23.6 Å². The van der Waals surface area contributed by atoms with Crippen LogP contribution in [0.2, 0.25) is 0 Å². The predicted octanol–water partition coefficient (Wildman–Crippen LogP) is 2.84. The van der Waals surface area contributed by atoms with Gasteiger partial charge in [-0.25, -0.2) is 4.98 Å². The Hall–Kier alpha value is -3.26. The van der Waals surface area contributed by atoms with Gasteiger partial charge in [-0.15, -0.1) is 10.2 Å². The van der Waals surface area contributed by atoms with Gasteiger partial charge >= 0.3 is 0 Å². The molecule has 1 N–H and O–H groups in total.